The second-order valence-corrected chi connectivity index (χ2v) is 14.0. The number of aromatic nitrogens is 1. The minimum Gasteiger partial charge on any atom is -0.359 e. The molecule has 0 fully saturated rings. The van der Waals surface area contributed by atoms with Crippen LogP contribution in [0.1, 0.15) is 22.7 Å². The summed E-state index contributed by atoms with van der Waals surface area (Å²) < 4.78 is 2.44. The van der Waals surface area contributed by atoms with Gasteiger partial charge in [0.2, 0.25) is 0 Å². The van der Waals surface area contributed by atoms with Crippen LogP contribution in [-0.4, -0.2) is 10.8 Å². The van der Waals surface area contributed by atoms with Crippen molar-refractivity contribution in [2.24, 2.45) is 4.99 Å². The molecular weight excluding hydrogens is 639 g/mol. The van der Waals surface area contributed by atoms with Crippen LogP contribution >= 0.6 is 11.3 Å². The van der Waals surface area contributed by atoms with Gasteiger partial charge in [-0.05, 0) is 74.1 Å². The number of nitrogens with one attached hydrogen (secondary N) is 1. The zero-order chi connectivity index (χ0) is 33.7. The molecule has 9 aromatic rings. The average molecular weight is 670 g/mol. The highest BCUT2D eigenvalue weighted by molar-refractivity contribution is 7.26. The summed E-state index contributed by atoms with van der Waals surface area (Å²) in [5.74, 6) is 0.859. The molecule has 0 radical (unpaired) electrons. The second kappa shape index (κ2) is 12.2. The topological polar surface area (TPSA) is 37.3 Å². The van der Waals surface area contributed by atoms with Gasteiger partial charge in [-0.2, -0.15) is 0 Å². The maximum Gasteiger partial charge on any atom is 0.134 e. The van der Waals surface area contributed by atoms with E-state index in [0.29, 0.717) is 0 Å². The first-order valence-corrected chi connectivity index (χ1v) is 18.1. The predicted molar refractivity (Wildman–Crippen MR) is 216 cm³/mol. The number of pyridine rings is 1. The Morgan fingerprint density at radius 1 is 0.510 bits per heavy atom. The predicted octanol–water partition coefficient (Wildman–Crippen LogP) is 12.2. The van der Waals surface area contributed by atoms with Gasteiger partial charge in [0.05, 0.1) is 22.0 Å². The maximum atomic E-state index is 5.42. The minimum absolute atomic E-state index is 0.0611. The molecule has 2 aromatic heterocycles. The summed E-state index contributed by atoms with van der Waals surface area (Å²) in [5.41, 5.74) is 10.00. The largest absolute Gasteiger partial charge is 0.359 e. The fourth-order valence-corrected chi connectivity index (χ4v) is 8.73. The Kier molecular flexibility index (Phi) is 7.07. The number of hydrogen-bond donors (Lipinski definition) is 1. The van der Waals surface area contributed by atoms with Crippen LogP contribution < -0.4 is 5.32 Å². The normalized spacial score (nSPS) is 14.5. The summed E-state index contributed by atoms with van der Waals surface area (Å²) >= 11 is 1.81. The summed E-state index contributed by atoms with van der Waals surface area (Å²) in [7, 11) is 0. The zero-order valence-corrected chi connectivity index (χ0v) is 28.4. The van der Waals surface area contributed by atoms with E-state index in [0.717, 1.165) is 39.3 Å². The quantitative estimate of drug-likeness (QED) is 0.185. The van der Waals surface area contributed by atoms with E-state index in [1.54, 1.807) is 0 Å². The molecule has 3 nitrogen and oxygen atoms in total. The molecule has 0 spiro atoms. The van der Waals surface area contributed by atoms with Crippen molar-refractivity contribution in [3.05, 3.63) is 193 Å². The van der Waals surface area contributed by atoms with Crippen molar-refractivity contribution in [2.75, 3.05) is 0 Å². The second-order valence-electron chi connectivity index (χ2n) is 13.0. The van der Waals surface area contributed by atoms with Gasteiger partial charge >= 0.3 is 0 Å². The van der Waals surface area contributed by atoms with E-state index in [2.05, 4.69) is 169 Å². The summed E-state index contributed by atoms with van der Waals surface area (Å²) in [4.78, 5) is 10.3. The Balaban J connectivity index is 1.26. The molecule has 3 heterocycles. The van der Waals surface area contributed by atoms with Crippen LogP contribution in [0.25, 0.3) is 69.8 Å². The molecule has 4 heteroatoms. The molecule has 1 aliphatic rings. The van der Waals surface area contributed by atoms with Gasteiger partial charge in [-0.15, -0.1) is 11.3 Å². The van der Waals surface area contributed by atoms with Crippen molar-refractivity contribution in [3.8, 4) is 22.3 Å². The van der Waals surface area contributed by atoms with Crippen LogP contribution in [0.2, 0.25) is 0 Å². The number of fused-ring (bicyclic) bond motifs is 6. The monoisotopic (exact) mass is 669 g/mol. The third kappa shape index (κ3) is 5.11. The Bertz CT molecular complexity index is 2830. The zero-order valence-electron chi connectivity index (χ0n) is 27.6. The molecule has 7 aromatic carbocycles. The van der Waals surface area contributed by atoms with E-state index in [1.807, 2.05) is 23.6 Å². The molecule has 0 saturated carbocycles. The highest BCUT2D eigenvalue weighted by Crippen LogP contribution is 2.44. The van der Waals surface area contributed by atoms with E-state index < -0.39 is 0 Å². The third-order valence-electron chi connectivity index (χ3n) is 9.98. The number of rotatable bonds is 5. The Hall–Kier alpha value is -6.36. The fraction of sp³-hybridized carbons (Fsp3) is 0.0213. The lowest BCUT2D eigenvalue weighted by atomic mass is 9.87. The highest BCUT2D eigenvalue weighted by atomic mass is 32.1. The molecule has 51 heavy (non-hydrogen) atoms. The van der Waals surface area contributed by atoms with Crippen LogP contribution in [0.4, 0.5) is 0 Å². The Morgan fingerprint density at radius 3 is 2.06 bits per heavy atom. The van der Waals surface area contributed by atoms with Gasteiger partial charge in [-0.3, -0.25) is 4.98 Å². The molecular formula is C47H31N3S. The number of hydrogen-bond acceptors (Lipinski definition) is 4. The van der Waals surface area contributed by atoms with Gasteiger partial charge in [0, 0.05) is 33.0 Å². The van der Waals surface area contributed by atoms with Gasteiger partial charge < -0.3 is 5.32 Å². The molecule has 240 valence electrons. The molecule has 0 saturated heterocycles. The van der Waals surface area contributed by atoms with Gasteiger partial charge in [-0.25, -0.2) is 4.99 Å². The van der Waals surface area contributed by atoms with Crippen molar-refractivity contribution in [3.63, 3.8) is 0 Å². The smallest absolute Gasteiger partial charge is 0.134 e. The Labute approximate surface area is 299 Å². The van der Waals surface area contributed by atoms with Crippen molar-refractivity contribution >= 4 is 64.7 Å². The standard InChI is InChI=1S/C47H31N3S/c1-3-13-30(14-4-1)42-29-43(50-47(49-42)31-15-5-2-6-16-31)41-28-33(35-25-26-48-45-39-21-11-12-22-44(39)51-46(35)45)23-24-38(41)40-27-32-17-7-8-18-34(32)36-19-9-10-20-37(36)40/h1-29,42H,(H,49,50). The highest BCUT2D eigenvalue weighted by Gasteiger charge is 2.23. The molecule has 1 atom stereocenters. The lowest BCUT2D eigenvalue weighted by molar-refractivity contribution is 0.781. The lowest BCUT2D eigenvalue weighted by Gasteiger charge is -2.26. The van der Waals surface area contributed by atoms with E-state index in [4.69, 9.17) is 9.98 Å². The van der Waals surface area contributed by atoms with E-state index >= 15 is 0 Å². The lowest BCUT2D eigenvalue weighted by Crippen LogP contribution is -2.31. The van der Waals surface area contributed by atoms with Crippen LogP contribution in [0.3, 0.4) is 0 Å². The molecule has 1 N–H and O–H groups in total. The van der Waals surface area contributed by atoms with Crippen LogP contribution in [0, 0.1) is 0 Å². The van der Waals surface area contributed by atoms with Crippen molar-refractivity contribution in [2.45, 2.75) is 6.04 Å². The first kappa shape index (κ1) is 29.5. The van der Waals surface area contributed by atoms with Crippen LogP contribution in [-0.2, 0) is 0 Å². The van der Waals surface area contributed by atoms with Crippen molar-refractivity contribution in [1.29, 1.82) is 0 Å². The molecule has 1 aliphatic heterocycles. The molecule has 0 bridgehead atoms. The van der Waals surface area contributed by atoms with Crippen LogP contribution in [0.15, 0.2) is 181 Å². The van der Waals surface area contributed by atoms with Gasteiger partial charge in [-0.1, -0.05) is 140 Å². The van der Waals surface area contributed by atoms with E-state index in [1.165, 1.54) is 53.0 Å². The molecule has 10 rings (SSSR count). The first-order chi connectivity index (χ1) is 25.3. The van der Waals surface area contributed by atoms with Gasteiger partial charge in [0.15, 0.2) is 0 Å². The number of aliphatic imine (C=N–C) groups is 1. The average Bonchev–Trinajstić information content (AvgIpc) is 3.60. The fourth-order valence-electron chi connectivity index (χ4n) is 7.54. The summed E-state index contributed by atoms with van der Waals surface area (Å²) in [5, 5.41) is 9.90. The summed E-state index contributed by atoms with van der Waals surface area (Å²) in [6, 6.07) is 58.5. The SMILES string of the molecule is C1=C(c2cc(-c3ccnc4c3sc3ccccc34)ccc2-c2cc3ccccc3c3ccccc23)N=C(c2ccccc2)NC1c1ccccc1. The number of thiophene rings is 1. The molecule has 0 amide bonds. The van der Waals surface area contributed by atoms with E-state index in [9.17, 15) is 0 Å². The number of nitrogens with zero attached hydrogens (tertiary/aromatic N) is 2. The van der Waals surface area contributed by atoms with Crippen molar-refractivity contribution < 1.29 is 0 Å². The number of amidine groups is 1. The van der Waals surface area contributed by atoms with Gasteiger partial charge in [0.25, 0.3) is 0 Å². The maximum absolute atomic E-state index is 5.42. The summed E-state index contributed by atoms with van der Waals surface area (Å²) in [6.45, 7) is 0. The summed E-state index contributed by atoms with van der Waals surface area (Å²) in [6.07, 6.45) is 4.23. The number of benzene rings is 7. The van der Waals surface area contributed by atoms with Crippen LogP contribution in [0.5, 0.6) is 0 Å². The van der Waals surface area contributed by atoms with Crippen molar-refractivity contribution in [1.82, 2.24) is 10.3 Å². The van der Waals surface area contributed by atoms with Gasteiger partial charge in [0.1, 0.15) is 5.84 Å². The first-order valence-electron chi connectivity index (χ1n) is 17.3. The molecule has 0 aliphatic carbocycles. The van der Waals surface area contributed by atoms with E-state index in [-0.39, 0.29) is 6.04 Å². The molecule has 1 unspecified atom stereocenters. The Morgan fingerprint density at radius 2 is 1.22 bits per heavy atom. The minimum atomic E-state index is -0.0611. The third-order valence-corrected chi connectivity index (χ3v) is 11.2.